The Kier molecular flexibility index (Phi) is 4.09. The largest absolute Gasteiger partial charge is 0.0619 e. The Hall–Kier alpha value is -1.56. The maximum Gasteiger partial charge on any atom is 0.0155 e. The highest BCUT2D eigenvalue weighted by Crippen LogP contribution is 2.34. The van der Waals surface area contributed by atoms with Gasteiger partial charge in [0.1, 0.15) is 0 Å². The number of rotatable bonds is 4. The maximum absolute atomic E-state index is 3.40. The van der Waals surface area contributed by atoms with E-state index in [9.17, 15) is 0 Å². The van der Waals surface area contributed by atoms with Crippen molar-refractivity contribution in [2.45, 2.75) is 46.0 Å². The molecule has 0 amide bonds. The van der Waals surface area contributed by atoms with Gasteiger partial charge in [0, 0.05) is 5.41 Å². The Morgan fingerprint density at radius 3 is 2.32 bits per heavy atom. The van der Waals surface area contributed by atoms with Gasteiger partial charge in [0.05, 0.1) is 0 Å². The van der Waals surface area contributed by atoms with Gasteiger partial charge in [-0.25, -0.2) is 0 Å². The first-order valence-corrected chi connectivity index (χ1v) is 7.19. The summed E-state index contributed by atoms with van der Waals surface area (Å²) in [5, 5.41) is 0. The maximum atomic E-state index is 3.40. The molecule has 0 aliphatic heterocycles. The van der Waals surface area contributed by atoms with Crippen LogP contribution in [0.1, 0.15) is 49.9 Å². The SMILES string of the molecule is CCc1cccc(C(C)(C)c2[c]cccc2)c1CC. The van der Waals surface area contributed by atoms with Gasteiger partial charge in [-0.2, -0.15) is 0 Å². The van der Waals surface area contributed by atoms with Gasteiger partial charge < -0.3 is 0 Å². The predicted octanol–water partition coefficient (Wildman–Crippen LogP) is 4.94. The van der Waals surface area contributed by atoms with Gasteiger partial charge in [-0.3, -0.25) is 0 Å². The van der Waals surface area contributed by atoms with Gasteiger partial charge in [-0.05, 0) is 41.2 Å². The van der Waals surface area contributed by atoms with E-state index in [4.69, 9.17) is 0 Å². The van der Waals surface area contributed by atoms with E-state index in [0.29, 0.717) is 0 Å². The second-order valence-electron chi connectivity index (χ2n) is 5.55. The normalized spacial score (nSPS) is 11.6. The first kappa shape index (κ1) is 13.9. The molecule has 0 aliphatic carbocycles. The lowest BCUT2D eigenvalue weighted by atomic mass is 9.74. The zero-order valence-electron chi connectivity index (χ0n) is 12.5. The van der Waals surface area contributed by atoms with E-state index in [2.05, 4.69) is 64.1 Å². The van der Waals surface area contributed by atoms with Crippen LogP contribution >= 0.6 is 0 Å². The minimum absolute atomic E-state index is 0.0117. The Labute approximate surface area is 117 Å². The summed E-state index contributed by atoms with van der Waals surface area (Å²) in [5.41, 5.74) is 5.70. The third-order valence-corrected chi connectivity index (χ3v) is 4.06. The van der Waals surface area contributed by atoms with E-state index in [0.717, 1.165) is 12.8 Å². The van der Waals surface area contributed by atoms with Crippen LogP contribution in [0, 0.1) is 6.07 Å². The summed E-state index contributed by atoms with van der Waals surface area (Å²) in [6.07, 6.45) is 2.20. The van der Waals surface area contributed by atoms with Crippen molar-refractivity contribution in [2.75, 3.05) is 0 Å². The molecule has 2 rings (SSSR count). The first-order valence-electron chi connectivity index (χ1n) is 7.19. The zero-order valence-corrected chi connectivity index (χ0v) is 12.5. The third-order valence-electron chi connectivity index (χ3n) is 4.06. The molecule has 2 aromatic carbocycles. The topological polar surface area (TPSA) is 0 Å². The predicted molar refractivity (Wildman–Crippen MR) is 82.6 cm³/mol. The van der Waals surface area contributed by atoms with Gasteiger partial charge >= 0.3 is 0 Å². The molecule has 0 spiro atoms. The highest BCUT2D eigenvalue weighted by molar-refractivity contribution is 5.45. The standard InChI is InChI=1S/C19H23/c1-5-15-11-10-14-18(17(15)6-2)19(3,4)16-12-8-7-9-13-16/h7-12,14H,5-6H2,1-4H3. The van der Waals surface area contributed by atoms with Crippen LogP contribution < -0.4 is 0 Å². The molecule has 19 heavy (non-hydrogen) atoms. The minimum atomic E-state index is 0.0117. The molecule has 0 nitrogen and oxygen atoms in total. The van der Waals surface area contributed by atoms with Crippen LogP contribution in [0.4, 0.5) is 0 Å². The van der Waals surface area contributed by atoms with E-state index in [1.54, 1.807) is 0 Å². The molecular weight excluding hydrogens is 228 g/mol. The molecule has 0 saturated carbocycles. The van der Waals surface area contributed by atoms with Gasteiger partial charge in [0.2, 0.25) is 0 Å². The molecule has 0 bridgehead atoms. The lowest BCUT2D eigenvalue weighted by molar-refractivity contribution is 0.629. The highest BCUT2D eigenvalue weighted by Gasteiger charge is 2.26. The Morgan fingerprint density at radius 2 is 1.74 bits per heavy atom. The average molecular weight is 251 g/mol. The molecule has 0 unspecified atom stereocenters. The molecule has 0 fully saturated rings. The second kappa shape index (κ2) is 5.61. The summed E-state index contributed by atoms with van der Waals surface area (Å²) in [6, 6.07) is 18.4. The summed E-state index contributed by atoms with van der Waals surface area (Å²) in [7, 11) is 0. The van der Waals surface area contributed by atoms with E-state index in [1.807, 2.05) is 12.1 Å². The van der Waals surface area contributed by atoms with Crippen molar-refractivity contribution in [3.63, 3.8) is 0 Å². The lowest BCUT2D eigenvalue weighted by Gasteiger charge is -2.29. The molecule has 99 valence electrons. The van der Waals surface area contributed by atoms with E-state index in [1.165, 1.54) is 22.3 Å². The number of aryl methyl sites for hydroxylation is 1. The van der Waals surface area contributed by atoms with Crippen molar-refractivity contribution in [3.8, 4) is 0 Å². The number of benzene rings is 2. The molecular formula is C19H23. The quantitative estimate of drug-likeness (QED) is 0.722. The second-order valence-corrected chi connectivity index (χ2v) is 5.55. The Morgan fingerprint density at radius 1 is 0.947 bits per heavy atom. The molecule has 0 N–H and O–H groups in total. The molecule has 0 aliphatic rings. The smallest absolute Gasteiger partial charge is 0.0155 e. The third kappa shape index (κ3) is 2.58. The van der Waals surface area contributed by atoms with Crippen LogP contribution in [0.2, 0.25) is 0 Å². The fraction of sp³-hybridized carbons (Fsp3) is 0.368. The summed E-state index contributed by atoms with van der Waals surface area (Å²) in [6.45, 7) is 9.09. The van der Waals surface area contributed by atoms with Crippen molar-refractivity contribution in [3.05, 3.63) is 70.8 Å². The first-order chi connectivity index (χ1) is 9.11. The zero-order chi connectivity index (χ0) is 13.9. The van der Waals surface area contributed by atoms with Gasteiger partial charge in [-0.1, -0.05) is 70.2 Å². The molecule has 0 heterocycles. The Bertz CT molecular complexity index is 535. The molecule has 0 heteroatoms. The van der Waals surface area contributed by atoms with Crippen molar-refractivity contribution in [2.24, 2.45) is 0 Å². The highest BCUT2D eigenvalue weighted by atomic mass is 14.3. The summed E-state index contributed by atoms with van der Waals surface area (Å²) < 4.78 is 0. The summed E-state index contributed by atoms with van der Waals surface area (Å²) >= 11 is 0. The van der Waals surface area contributed by atoms with Gasteiger partial charge in [0.15, 0.2) is 0 Å². The van der Waals surface area contributed by atoms with Gasteiger partial charge in [-0.15, -0.1) is 0 Å². The molecule has 0 saturated heterocycles. The van der Waals surface area contributed by atoms with Crippen LogP contribution in [0.5, 0.6) is 0 Å². The van der Waals surface area contributed by atoms with Crippen LogP contribution in [0.25, 0.3) is 0 Å². The van der Waals surface area contributed by atoms with Crippen molar-refractivity contribution in [1.82, 2.24) is 0 Å². The van der Waals surface area contributed by atoms with Crippen LogP contribution in [-0.4, -0.2) is 0 Å². The van der Waals surface area contributed by atoms with Gasteiger partial charge in [0.25, 0.3) is 0 Å². The van der Waals surface area contributed by atoms with Crippen LogP contribution in [0.15, 0.2) is 42.5 Å². The minimum Gasteiger partial charge on any atom is -0.0619 e. The van der Waals surface area contributed by atoms with E-state index >= 15 is 0 Å². The van der Waals surface area contributed by atoms with E-state index < -0.39 is 0 Å². The molecule has 1 radical (unpaired) electrons. The summed E-state index contributed by atoms with van der Waals surface area (Å²) in [4.78, 5) is 0. The fourth-order valence-corrected chi connectivity index (χ4v) is 2.90. The van der Waals surface area contributed by atoms with Crippen molar-refractivity contribution in [1.29, 1.82) is 0 Å². The number of hydrogen-bond donors (Lipinski definition) is 0. The monoisotopic (exact) mass is 251 g/mol. The van der Waals surface area contributed by atoms with Crippen molar-refractivity contribution < 1.29 is 0 Å². The van der Waals surface area contributed by atoms with E-state index in [-0.39, 0.29) is 5.41 Å². The van der Waals surface area contributed by atoms with Crippen LogP contribution in [-0.2, 0) is 18.3 Å². The molecule has 0 aromatic heterocycles. The number of hydrogen-bond acceptors (Lipinski definition) is 0. The Balaban J connectivity index is 2.58. The lowest BCUT2D eigenvalue weighted by Crippen LogP contribution is -2.21. The van der Waals surface area contributed by atoms with Crippen LogP contribution in [0.3, 0.4) is 0 Å². The average Bonchev–Trinajstić information content (AvgIpc) is 2.47. The van der Waals surface area contributed by atoms with Crippen molar-refractivity contribution >= 4 is 0 Å². The molecule has 2 aromatic rings. The fourth-order valence-electron chi connectivity index (χ4n) is 2.90. The molecule has 0 atom stereocenters. The summed E-state index contributed by atoms with van der Waals surface area (Å²) in [5.74, 6) is 0.